The molecule has 2 aromatic carbocycles. The number of benzene rings is 2. The molecule has 0 radical (unpaired) electrons. The molecule has 0 aliphatic heterocycles. The van der Waals surface area contributed by atoms with E-state index in [1.54, 1.807) is 36.7 Å². The molecule has 0 spiro atoms. The molecule has 0 aliphatic rings. The topological polar surface area (TPSA) is 69.8 Å². The van der Waals surface area contributed by atoms with E-state index in [4.69, 9.17) is 23.2 Å². The number of fused-ring (bicyclic) bond motifs is 1. The van der Waals surface area contributed by atoms with Gasteiger partial charge in [0.05, 0.1) is 28.1 Å². The van der Waals surface area contributed by atoms with Crippen LogP contribution in [-0.4, -0.2) is 16.0 Å². The number of imidazole rings is 1. The molecule has 5 nitrogen and oxygen atoms in total. The van der Waals surface area contributed by atoms with E-state index in [2.05, 4.69) is 20.6 Å². The maximum absolute atomic E-state index is 12.0. The first-order chi connectivity index (χ1) is 10.1. The quantitative estimate of drug-likeness (QED) is 0.650. The number of amides is 2. The average Bonchev–Trinajstić information content (AvgIpc) is 2.90. The molecule has 1 heterocycles. The predicted molar refractivity (Wildman–Crippen MR) is 85.2 cm³/mol. The number of rotatable bonds is 2. The fourth-order valence-electron chi connectivity index (χ4n) is 1.89. The minimum absolute atomic E-state index is 0.405. The van der Waals surface area contributed by atoms with Crippen LogP contribution in [0.4, 0.5) is 16.2 Å². The van der Waals surface area contributed by atoms with Crippen molar-refractivity contribution in [2.75, 3.05) is 10.6 Å². The summed E-state index contributed by atoms with van der Waals surface area (Å²) in [5, 5.41) is 6.28. The van der Waals surface area contributed by atoms with Gasteiger partial charge in [0.15, 0.2) is 0 Å². The molecule has 0 fully saturated rings. The molecule has 0 atom stereocenters. The third kappa shape index (κ3) is 3.09. The number of nitrogens with zero attached hydrogens (tertiary/aromatic N) is 1. The van der Waals surface area contributed by atoms with Gasteiger partial charge in [0.2, 0.25) is 0 Å². The second kappa shape index (κ2) is 5.63. The van der Waals surface area contributed by atoms with Crippen molar-refractivity contribution in [1.29, 1.82) is 0 Å². The average molecular weight is 321 g/mol. The van der Waals surface area contributed by atoms with Crippen LogP contribution in [0.5, 0.6) is 0 Å². The molecule has 3 rings (SSSR count). The highest BCUT2D eigenvalue weighted by Crippen LogP contribution is 2.25. The Morgan fingerprint density at radius 3 is 2.81 bits per heavy atom. The normalized spacial score (nSPS) is 10.6. The number of anilines is 2. The van der Waals surface area contributed by atoms with Crippen molar-refractivity contribution in [2.45, 2.75) is 0 Å². The van der Waals surface area contributed by atoms with Crippen LogP contribution in [0.15, 0.2) is 42.7 Å². The summed E-state index contributed by atoms with van der Waals surface area (Å²) in [6, 6.07) is 9.83. The van der Waals surface area contributed by atoms with Crippen molar-refractivity contribution in [1.82, 2.24) is 9.97 Å². The van der Waals surface area contributed by atoms with E-state index >= 15 is 0 Å². The van der Waals surface area contributed by atoms with Crippen molar-refractivity contribution in [3.63, 3.8) is 0 Å². The predicted octanol–water partition coefficient (Wildman–Crippen LogP) is 4.51. The maximum atomic E-state index is 12.0. The fourth-order valence-corrected chi connectivity index (χ4v) is 2.23. The maximum Gasteiger partial charge on any atom is 0.323 e. The molecule has 0 aliphatic carbocycles. The number of H-pyrrole nitrogens is 1. The summed E-state index contributed by atoms with van der Waals surface area (Å²) in [5.74, 6) is 0. The van der Waals surface area contributed by atoms with Crippen LogP contribution in [0.1, 0.15) is 0 Å². The van der Waals surface area contributed by atoms with E-state index in [1.165, 1.54) is 0 Å². The van der Waals surface area contributed by atoms with Gasteiger partial charge in [-0.2, -0.15) is 0 Å². The van der Waals surface area contributed by atoms with Crippen LogP contribution in [0.3, 0.4) is 0 Å². The lowest BCUT2D eigenvalue weighted by molar-refractivity contribution is 0.262. The minimum atomic E-state index is -0.405. The smallest absolute Gasteiger partial charge is 0.323 e. The Bertz CT molecular complexity index is 816. The first kappa shape index (κ1) is 13.7. The summed E-state index contributed by atoms with van der Waals surface area (Å²) in [4.78, 5) is 19.1. The molecular weight excluding hydrogens is 311 g/mol. The van der Waals surface area contributed by atoms with Crippen molar-refractivity contribution >= 4 is 51.6 Å². The van der Waals surface area contributed by atoms with Gasteiger partial charge >= 0.3 is 6.03 Å². The number of carbonyl (C=O) groups is 1. The van der Waals surface area contributed by atoms with E-state index < -0.39 is 6.03 Å². The van der Waals surface area contributed by atoms with Crippen molar-refractivity contribution < 1.29 is 4.79 Å². The number of carbonyl (C=O) groups excluding carboxylic acids is 1. The van der Waals surface area contributed by atoms with E-state index in [9.17, 15) is 4.79 Å². The summed E-state index contributed by atoms with van der Waals surface area (Å²) in [5.41, 5.74) is 2.76. The Balaban J connectivity index is 1.75. The van der Waals surface area contributed by atoms with E-state index in [1.807, 2.05) is 6.07 Å². The van der Waals surface area contributed by atoms with Crippen molar-refractivity contribution in [3.05, 3.63) is 52.8 Å². The van der Waals surface area contributed by atoms with Crippen LogP contribution in [0.2, 0.25) is 10.0 Å². The Morgan fingerprint density at radius 2 is 1.95 bits per heavy atom. The van der Waals surface area contributed by atoms with Gasteiger partial charge in [-0.25, -0.2) is 9.78 Å². The number of hydrogen-bond donors (Lipinski definition) is 3. The minimum Gasteiger partial charge on any atom is -0.345 e. The summed E-state index contributed by atoms with van der Waals surface area (Å²) >= 11 is 11.9. The summed E-state index contributed by atoms with van der Waals surface area (Å²) in [6.45, 7) is 0. The summed E-state index contributed by atoms with van der Waals surface area (Å²) in [6.07, 6.45) is 1.60. The number of urea groups is 1. The molecule has 1 aromatic heterocycles. The largest absolute Gasteiger partial charge is 0.345 e. The molecule has 0 saturated heterocycles. The van der Waals surface area contributed by atoms with Gasteiger partial charge < -0.3 is 15.6 Å². The lowest BCUT2D eigenvalue weighted by atomic mass is 10.3. The number of nitrogens with one attached hydrogen (secondary N) is 3. The van der Waals surface area contributed by atoms with E-state index in [0.29, 0.717) is 21.4 Å². The van der Waals surface area contributed by atoms with Crippen molar-refractivity contribution in [2.24, 2.45) is 0 Å². The van der Waals surface area contributed by atoms with Crippen LogP contribution < -0.4 is 10.6 Å². The molecule has 0 unspecified atom stereocenters. The lowest BCUT2D eigenvalue weighted by Crippen LogP contribution is -2.19. The van der Waals surface area contributed by atoms with Crippen LogP contribution in [0, 0.1) is 0 Å². The highest BCUT2D eigenvalue weighted by atomic mass is 35.5. The molecule has 21 heavy (non-hydrogen) atoms. The van der Waals surface area contributed by atoms with Gasteiger partial charge in [-0.1, -0.05) is 23.2 Å². The summed E-state index contributed by atoms with van der Waals surface area (Å²) in [7, 11) is 0. The standard InChI is InChI=1S/C14H10Cl2N4O/c15-8-1-3-10(16)12(5-8)20-14(21)19-9-2-4-11-13(6-9)18-7-17-11/h1-7H,(H,17,18)(H2,19,20,21). The first-order valence-corrected chi connectivity index (χ1v) is 6.83. The monoisotopic (exact) mass is 320 g/mol. The summed E-state index contributed by atoms with van der Waals surface area (Å²) < 4.78 is 0. The molecule has 2 amide bonds. The molecule has 3 N–H and O–H groups in total. The molecule has 0 saturated carbocycles. The van der Waals surface area contributed by atoms with Gasteiger partial charge in [-0.3, -0.25) is 0 Å². The zero-order valence-electron chi connectivity index (χ0n) is 10.7. The first-order valence-electron chi connectivity index (χ1n) is 6.08. The SMILES string of the molecule is O=C(Nc1ccc2nc[nH]c2c1)Nc1cc(Cl)ccc1Cl. The van der Waals surface area contributed by atoms with Crippen LogP contribution in [0.25, 0.3) is 11.0 Å². The highest BCUT2D eigenvalue weighted by Gasteiger charge is 2.07. The van der Waals surface area contributed by atoms with Crippen LogP contribution >= 0.6 is 23.2 Å². The second-order valence-corrected chi connectivity index (χ2v) is 5.18. The molecule has 0 bridgehead atoms. The third-order valence-electron chi connectivity index (χ3n) is 2.85. The van der Waals surface area contributed by atoms with Gasteiger partial charge in [-0.15, -0.1) is 0 Å². The second-order valence-electron chi connectivity index (χ2n) is 4.34. The van der Waals surface area contributed by atoms with Gasteiger partial charge in [-0.05, 0) is 36.4 Å². The van der Waals surface area contributed by atoms with Crippen LogP contribution in [-0.2, 0) is 0 Å². The number of aromatic amines is 1. The van der Waals surface area contributed by atoms with E-state index in [0.717, 1.165) is 11.0 Å². The number of hydrogen-bond acceptors (Lipinski definition) is 2. The van der Waals surface area contributed by atoms with Gasteiger partial charge in [0, 0.05) is 10.7 Å². The Kier molecular flexibility index (Phi) is 3.68. The van der Waals surface area contributed by atoms with Gasteiger partial charge in [0.25, 0.3) is 0 Å². The molecule has 106 valence electrons. The molecule has 7 heteroatoms. The number of aromatic nitrogens is 2. The zero-order valence-corrected chi connectivity index (χ0v) is 12.2. The van der Waals surface area contributed by atoms with Crippen molar-refractivity contribution in [3.8, 4) is 0 Å². The molecular formula is C14H10Cl2N4O. The number of halogens is 2. The fraction of sp³-hybridized carbons (Fsp3) is 0. The van der Waals surface area contributed by atoms with Gasteiger partial charge in [0.1, 0.15) is 0 Å². The molecule has 3 aromatic rings. The Labute approximate surface area is 130 Å². The highest BCUT2D eigenvalue weighted by molar-refractivity contribution is 6.35. The lowest BCUT2D eigenvalue weighted by Gasteiger charge is -2.09. The Hall–Kier alpha value is -2.24. The Morgan fingerprint density at radius 1 is 1.10 bits per heavy atom. The van der Waals surface area contributed by atoms with E-state index in [-0.39, 0.29) is 0 Å². The third-order valence-corrected chi connectivity index (χ3v) is 3.42. The zero-order chi connectivity index (χ0) is 14.8.